The highest BCUT2D eigenvalue weighted by molar-refractivity contribution is 7.13. The zero-order valence-corrected chi connectivity index (χ0v) is 12.5. The van der Waals surface area contributed by atoms with E-state index in [2.05, 4.69) is 25.6 Å². The maximum Gasteiger partial charge on any atom is 0.228 e. The van der Waals surface area contributed by atoms with Crippen molar-refractivity contribution >= 4 is 28.3 Å². The number of rotatable bonds is 8. The molecule has 0 atom stereocenters. The number of carbonyl (C=O) groups is 1. The van der Waals surface area contributed by atoms with E-state index in [9.17, 15) is 4.79 Å². The molecular formula is C13H17N5O2S. The molecule has 2 heterocycles. The third-order valence-corrected chi connectivity index (χ3v) is 3.33. The lowest BCUT2D eigenvalue weighted by molar-refractivity contribution is -0.120. The molecule has 0 fully saturated rings. The summed E-state index contributed by atoms with van der Waals surface area (Å²) in [6, 6.07) is 1.74. The van der Waals surface area contributed by atoms with E-state index in [1.807, 2.05) is 5.38 Å². The average Bonchev–Trinajstić information content (AvgIpc) is 2.92. The van der Waals surface area contributed by atoms with Gasteiger partial charge in [-0.3, -0.25) is 4.79 Å². The topological polar surface area (TPSA) is 89.0 Å². The fourth-order valence-electron chi connectivity index (χ4n) is 1.58. The van der Waals surface area contributed by atoms with Crippen LogP contribution in [0.5, 0.6) is 0 Å². The number of methoxy groups -OCH3 is 1. The number of hydrogen-bond donors (Lipinski definition) is 2. The van der Waals surface area contributed by atoms with Crippen molar-refractivity contribution in [1.82, 2.24) is 20.3 Å². The van der Waals surface area contributed by atoms with Crippen LogP contribution in [-0.4, -0.2) is 41.1 Å². The van der Waals surface area contributed by atoms with Crippen LogP contribution in [0.25, 0.3) is 0 Å². The molecule has 0 saturated carbocycles. The van der Waals surface area contributed by atoms with Crippen LogP contribution in [0.2, 0.25) is 0 Å². The number of ether oxygens (including phenoxy) is 1. The normalized spacial score (nSPS) is 10.3. The number of aromatic nitrogens is 3. The molecule has 112 valence electrons. The van der Waals surface area contributed by atoms with E-state index in [4.69, 9.17) is 4.74 Å². The van der Waals surface area contributed by atoms with E-state index in [1.54, 1.807) is 25.6 Å². The summed E-state index contributed by atoms with van der Waals surface area (Å²) in [4.78, 5) is 24.2. The molecule has 0 radical (unpaired) electrons. The van der Waals surface area contributed by atoms with E-state index in [0.717, 1.165) is 12.1 Å². The number of hydrogen-bond acceptors (Lipinski definition) is 7. The fourth-order valence-corrected chi connectivity index (χ4v) is 2.28. The van der Waals surface area contributed by atoms with Crippen LogP contribution in [0, 0.1) is 0 Å². The highest BCUT2D eigenvalue weighted by Crippen LogP contribution is 2.18. The van der Waals surface area contributed by atoms with Crippen molar-refractivity contribution in [2.24, 2.45) is 0 Å². The van der Waals surface area contributed by atoms with Gasteiger partial charge in [-0.1, -0.05) is 0 Å². The van der Waals surface area contributed by atoms with Crippen molar-refractivity contribution in [2.75, 3.05) is 25.6 Å². The molecule has 2 aromatic heterocycles. The highest BCUT2D eigenvalue weighted by atomic mass is 32.1. The van der Waals surface area contributed by atoms with Crippen molar-refractivity contribution in [1.29, 1.82) is 0 Å². The van der Waals surface area contributed by atoms with Gasteiger partial charge in [-0.05, 0) is 12.5 Å². The highest BCUT2D eigenvalue weighted by Gasteiger charge is 2.08. The lowest BCUT2D eigenvalue weighted by atomic mass is 10.3. The number of nitrogens with one attached hydrogen (secondary N) is 2. The van der Waals surface area contributed by atoms with Gasteiger partial charge in [0.1, 0.15) is 0 Å². The van der Waals surface area contributed by atoms with Crippen molar-refractivity contribution in [3.05, 3.63) is 29.5 Å². The number of amides is 1. The Kier molecular flexibility index (Phi) is 6.04. The Bertz CT molecular complexity index is 561. The standard InChI is InChI=1S/C13H17N5O2S/c1-20-7-3-6-14-11(19)8-10-9-21-13(17-10)18-12-15-4-2-5-16-12/h2,4-5,9H,3,6-8H2,1H3,(H,14,19)(H,15,16,17,18). The summed E-state index contributed by atoms with van der Waals surface area (Å²) < 4.78 is 4.92. The summed E-state index contributed by atoms with van der Waals surface area (Å²) in [5.74, 6) is 0.446. The van der Waals surface area contributed by atoms with E-state index in [-0.39, 0.29) is 12.3 Å². The van der Waals surface area contributed by atoms with Crippen LogP contribution >= 0.6 is 11.3 Å². The van der Waals surface area contributed by atoms with Crippen molar-refractivity contribution in [3.63, 3.8) is 0 Å². The Morgan fingerprint density at radius 2 is 2.19 bits per heavy atom. The monoisotopic (exact) mass is 307 g/mol. The van der Waals surface area contributed by atoms with Crippen LogP contribution in [0.15, 0.2) is 23.8 Å². The molecule has 21 heavy (non-hydrogen) atoms. The maximum atomic E-state index is 11.7. The molecule has 7 nitrogen and oxygen atoms in total. The van der Waals surface area contributed by atoms with Gasteiger partial charge in [-0.15, -0.1) is 11.3 Å². The van der Waals surface area contributed by atoms with Crippen LogP contribution in [-0.2, 0) is 16.0 Å². The quantitative estimate of drug-likeness (QED) is 0.716. The van der Waals surface area contributed by atoms with Gasteiger partial charge in [0, 0.05) is 38.0 Å². The second-order valence-corrected chi connectivity index (χ2v) is 5.07. The van der Waals surface area contributed by atoms with Gasteiger partial charge in [0.05, 0.1) is 12.1 Å². The third-order valence-electron chi connectivity index (χ3n) is 2.53. The predicted octanol–water partition coefficient (Wildman–Crippen LogP) is 1.37. The summed E-state index contributed by atoms with van der Waals surface area (Å²) in [5.41, 5.74) is 0.725. The van der Waals surface area contributed by atoms with Crippen LogP contribution in [0.3, 0.4) is 0 Å². The molecule has 0 spiro atoms. The molecule has 0 bridgehead atoms. The minimum absolute atomic E-state index is 0.0427. The van der Waals surface area contributed by atoms with E-state index in [0.29, 0.717) is 24.2 Å². The minimum atomic E-state index is -0.0427. The average molecular weight is 307 g/mol. The summed E-state index contributed by atoms with van der Waals surface area (Å²) in [6.45, 7) is 1.25. The molecular weight excluding hydrogens is 290 g/mol. The van der Waals surface area contributed by atoms with E-state index in [1.165, 1.54) is 11.3 Å². The van der Waals surface area contributed by atoms with E-state index < -0.39 is 0 Å². The molecule has 0 aromatic carbocycles. The van der Waals surface area contributed by atoms with Crippen LogP contribution in [0.1, 0.15) is 12.1 Å². The second kappa shape index (κ2) is 8.28. The number of nitrogens with zero attached hydrogens (tertiary/aromatic N) is 3. The third kappa shape index (κ3) is 5.44. The van der Waals surface area contributed by atoms with E-state index >= 15 is 0 Å². The zero-order valence-electron chi connectivity index (χ0n) is 11.7. The van der Waals surface area contributed by atoms with Crippen molar-refractivity contribution < 1.29 is 9.53 Å². The smallest absolute Gasteiger partial charge is 0.228 e. The summed E-state index contributed by atoms with van der Waals surface area (Å²) in [6.07, 6.45) is 4.37. The molecule has 0 saturated heterocycles. The molecule has 1 amide bonds. The number of carbonyl (C=O) groups excluding carboxylic acids is 1. The van der Waals surface area contributed by atoms with Gasteiger partial charge in [0.15, 0.2) is 5.13 Å². The Hall–Kier alpha value is -2.06. The minimum Gasteiger partial charge on any atom is -0.385 e. The van der Waals surface area contributed by atoms with Gasteiger partial charge in [0.25, 0.3) is 0 Å². The zero-order chi connectivity index (χ0) is 14.9. The first-order valence-electron chi connectivity index (χ1n) is 6.52. The van der Waals surface area contributed by atoms with Crippen molar-refractivity contribution in [2.45, 2.75) is 12.8 Å². The first kappa shape index (κ1) is 15.3. The summed E-state index contributed by atoms with van der Waals surface area (Å²) >= 11 is 1.42. The molecule has 0 unspecified atom stereocenters. The van der Waals surface area contributed by atoms with Crippen LogP contribution < -0.4 is 10.6 Å². The number of thiazole rings is 1. The van der Waals surface area contributed by atoms with Gasteiger partial charge in [-0.25, -0.2) is 15.0 Å². The molecule has 2 N–H and O–H groups in total. The van der Waals surface area contributed by atoms with Crippen molar-refractivity contribution in [3.8, 4) is 0 Å². The molecule has 2 rings (SSSR count). The summed E-state index contributed by atoms with van der Waals surface area (Å²) in [5, 5.41) is 8.34. The fraction of sp³-hybridized carbons (Fsp3) is 0.385. The Morgan fingerprint density at radius 1 is 1.38 bits per heavy atom. The Labute approximate surface area is 126 Å². The SMILES string of the molecule is COCCCNC(=O)Cc1csc(Nc2ncccn2)n1. The lowest BCUT2D eigenvalue weighted by Gasteiger charge is -2.03. The molecule has 8 heteroatoms. The molecule has 0 aliphatic rings. The Morgan fingerprint density at radius 3 is 2.95 bits per heavy atom. The largest absolute Gasteiger partial charge is 0.385 e. The molecule has 0 aliphatic heterocycles. The lowest BCUT2D eigenvalue weighted by Crippen LogP contribution is -2.26. The Balaban J connectivity index is 1.79. The number of anilines is 2. The second-order valence-electron chi connectivity index (χ2n) is 4.21. The first-order chi connectivity index (χ1) is 10.3. The summed E-state index contributed by atoms with van der Waals surface area (Å²) in [7, 11) is 1.64. The van der Waals surface area contributed by atoms with Gasteiger partial charge < -0.3 is 15.4 Å². The maximum absolute atomic E-state index is 11.7. The van der Waals surface area contributed by atoms with Gasteiger partial charge >= 0.3 is 0 Å². The van der Waals surface area contributed by atoms with Crippen LogP contribution in [0.4, 0.5) is 11.1 Å². The van der Waals surface area contributed by atoms with Gasteiger partial charge in [-0.2, -0.15) is 0 Å². The predicted molar refractivity (Wildman–Crippen MR) is 80.6 cm³/mol. The van der Waals surface area contributed by atoms with Gasteiger partial charge in [0.2, 0.25) is 11.9 Å². The molecule has 0 aliphatic carbocycles. The molecule has 2 aromatic rings. The first-order valence-corrected chi connectivity index (χ1v) is 7.40.